The van der Waals surface area contributed by atoms with Crippen LogP contribution in [0.4, 0.5) is 22.7 Å². The van der Waals surface area contributed by atoms with E-state index in [2.05, 4.69) is 5.32 Å². The van der Waals surface area contributed by atoms with E-state index in [1.54, 1.807) is 6.07 Å². The van der Waals surface area contributed by atoms with Crippen LogP contribution in [-0.4, -0.2) is 34.3 Å². The Hall–Kier alpha value is -4.02. The Morgan fingerprint density at radius 3 is 2.28 bits per heavy atom. The van der Waals surface area contributed by atoms with Gasteiger partial charge in [0.1, 0.15) is 5.75 Å². The molecule has 2 aromatic carbocycles. The molecular weight excluding hydrogens is 384 g/mol. The second-order valence-corrected chi connectivity index (χ2v) is 6.54. The first-order valence-electron chi connectivity index (χ1n) is 8.51. The van der Waals surface area contributed by atoms with Crippen LogP contribution in [0.2, 0.25) is 0 Å². The summed E-state index contributed by atoms with van der Waals surface area (Å²) < 4.78 is 5.39. The van der Waals surface area contributed by atoms with Gasteiger partial charge in [-0.2, -0.15) is 0 Å². The number of nitrogens with one attached hydrogen (secondary N) is 1. The highest BCUT2D eigenvalue weighted by Gasteiger charge is 2.28. The predicted molar refractivity (Wildman–Crippen MR) is 102 cm³/mol. The van der Waals surface area contributed by atoms with Gasteiger partial charge in [-0.1, -0.05) is 0 Å². The molecule has 0 radical (unpaired) electrons. The minimum absolute atomic E-state index is 0.0891. The largest absolute Gasteiger partial charge is 0.482 e. The molecule has 11 nitrogen and oxygen atoms in total. The maximum atomic E-state index is 12.5. The summed E-state index contributed by atoms with van der Waals surface area (Å²) in [7, 11) is 0. The standard InChI is InChI=1S/C18H16N4O7/c1-10(2)20-15-7-12(3-4-16(15)29-9-17(20)23)19-18(24)11-5-13(21(25)26)8-14(6-11)22(27)28/h3-8,10H,9H2,1-2H3,(H,19,24). The summed E-state index contributed by atoms with van der Waals surface area (Å²) in [6.07, 6.45) is 0. The number of amides is 2. The summed E-state index contributed by atoms with van der Waals surface area (Å²) in [6, 6.07) is 7.20. The fourth-order valence-electron chi connectivity index (χ4n) is 2.96. The summed E-state index contributed by atoms with van der Waals surface area (Å²) in [5.41, 5.74) is -0.609. The van der Waals surface area contributed by atoms with E-state index in [1.807, 2.05) is 13.8 Å². The van der Waals surface area contributed by atoms with Crippen LogP contribution in [0.3, 0.4) is 0 Å². The van der Waals surface area contributed by atoms with Crippen molar-refractivity contribution in [3.05, 3.63) is 62.2 Å². The van der Waals surface area contributed by atoms with E-state index in [-0.39, 0.29) is 24.1 Å². The highest BCUT2D eigenvalue weighted by atomic mass is 16.6. The van der Waals surface area contributed by atoms with Gasteiger partial charge in [0.05, 0.1) is 27.2 Å². The molecule has 3 rings (SSSR count). The molecule has 0 unspecified atom stereocenters. The number of anilines is 2. The van der Waals surface area contributed by atoms with Crippen LogP contribution in [0.15, 0.2) is 36.4 Å². The molecular formula is C18H16N4O7. The van der Waals surface area contributed by atoms with Gasteiger partial charge in [-0.25, -0.2) is 0 Å². The number of nitro groups is 2. The molecule has 0 aliphatic carbocycles. The van der Waals surface area contributed by atoms with Crippen LogP contribution in [0, 0.1) is 20.2 Å². The van der Waals surface area contributed by atoms with Crippen LogP contribution >= 0.6 is 0 Å². The molecule has 0 bridgehead atoms. The van der Waals surface area contributed by atoms with E-state index in [0.717, 1.165) is 18.2 Å². The number of nitrogens with zero attached hydrogens (tertiary/aromatic N) is 3. The average molecular weight is 400 g/mol. The number of fused-ring (bicyclic) bond motifs is 1. The number of carbonyl (C=O) groups excluding carboxylic acids is 2. The van der Waals surface area contributed by atoms with Crippen LogP contribution in [0.5, 0.6) is 5.75 Å². The van der Waals surface area contributed by atoms with Crippen LogP contribution in [0.25, 0.3) is 0 Å². The second-order valence-electron chi connectivity index (χ2n) is 6.54. The van der Waals surface area contributed by atoms with Crippen LogP contribution < -0.4 is 15.0 Å². The molecule has 11 heteroatoms. The first-order valence-corrected chi connectivity index (χ1v) is 8.51. The topological polar surface area (TPSA) is 145 Å². The molecule has 0 saturated heterocycles. The fraction of sp³-hybridized carbons (Fsp3) is 0.222. The van der Waals surface area contributed by atoms with Crippen molar-refractivity contribution in [2.45, 2.75) is 19.9 Å². The molecule has 2 amide bonds. The average Bonchev–Trinajstić information content (AvgIpc) is 2.66. The molecule has 0 aromatic heterocycles. The first kappa shape index (κ1) is 19.7. The van der Waals surface area contributed by atoms with E-state index >= 15 is 0 Å². The number of carbonyl (C=O) groups is 2. The van der Waals surface area contributed by atoms with Gasteiger partial charge in [0.2, 0.25) is 0 Å². The Bertz CT molecular complexity index is 1000. The van der Waals surface area contributed by atoms with Gasteiger partial charge < -0.3 is 15.0 Å². The van der Waals surface area contributed by atoms with E-state index in [1.165, 1.54) is 17.0 Å². The molecule has 1 aliphatic heterocycles. The molecule has 0 fully saturated rings. The zero-order valence-electron chi connectivity index (χ0n) is 15.4. The van der Waals surface area contributed by atoms with Crippen molar-refractivity contribution in [2.75, 3.05) is 16.8 Å². The molecule has 0 atom stereocenters. The molecule has 1 N–H and O–H groups in total. The van der Waals surface area contributed by atoms with Crippen molar-refractivity contribution in [3.8, 4) is 5.75 Å². The molecule has 150 valence electrons. The van der Waals surface area contributed by atoms with Gasteiger partial charge in [-0.15, -0.1) is 0 Å². The number of benzene rings is 2. The van der Waals surface area contributed by atoms with Crippen molar-refractivity contribution >= 4 is 34.6 Å². The highest BCUT2D eigenvalue weighted by Crippen LogP contribution is 2.36. The molecule has 0 saturated carbocycles. The number of hydrogen-bond donors (Lipinski definition) is 1. The number of nitro benzene ring substituents is 2. The Balaban J connectivity index is 1.93. The predicted octanol–water partition coefficient (Wildman–Crippen LogP) is 2.89. The SMILES string of the molecule is CC(C)N1C(=O)COc2ccc(NC(=O)c3cc([N+](=O)[O-])cc([N+](=O)[O-])c3)cc21. The minimum Gasteiger partial charge on any atom is -0.482 e. The molecule has 2 aromatic rings. The maximum Gasteiger partial charge on any atom is 0.277 e. The molecule has 1 heterocycles. The van der Waals surface area contributed by atoms with E-state index < -0.39 is 27.1 Å². The van der Waals surface area contributed by atoms with Gasteiger partial charge in [-0.05, 0) is 32.0 Å². The lowest BCUT2D eigenvalue weighted by Crippen LogP contribution is -2.43. The summed E-state index contributed by atoms with van der Waals surface area (Å²) in [4.78, 5) is 46.6. The summed E-state index contributed by atoms with van der Waals surface area (Å²) >= 11 is 0. The summed E-state index contributed by atoms with van der Waals surface area (Å²) in [5.74, 6) is -0.525. The smallest absolute Gasteiger partial charge is 0.277 e. The van der Waals surface area contributed by atoms with E-state index in [0.29, 0.717) is 17.1 Å². The van der Waals surface area contributed by atoms with Crippen molar-refractivity contribution in [3.63, 3.8) is 0 Å². The second kappa shape index (κ2) is 7.54. The number of non-ortho nitro benzene ring substituents is 2. The Kier molecular flexibility index (Phi) is 5.13. The lowest BCUT2D eigenvalue weighted by atomic mass is 10.1. The van der Waals surface area contributed by atoms with Gasteiger partial charge in [-0.3, -0.25) is 29.8 Å². The number of hydrogen-bond acceptors (Lipinski definition) is 7. The lowest BCUT2D eigenvalue weighted by molar-refractivity contribution is -0.394. The van der Waals surface area contributed by atoms with Crippen LogP contribution in [0.1, 0.15) is 24.2 Å². The third kappa shape index (κ3) is 3.98. The van der Waals surface area contributed by atoms with Crippen LogP contribution in [-0.2, 0) is 4.79 Å². The maximum absolute atomic E-state index is 12.5. The highest BCUT2D eigenvalue weighted by molar-refractivity contribution is 6.06. The van der Waals surface area contributed by atoms with Gasteiger partial charge in [0.25, 0.3) is 23.2 Å². The zero-order valence-corrected chi connectivity index (χ0v) is 15.4. The van der Waals surface area contributed by atoms with Crippen molar-refractivity contribution in [1.82, 2.24) is 0 Å². The molecule has 29 heavy (non-hydrogen) atoms. The third-order valence-corrected chi connectivity index (χ3v) is 4.20. The zero-order chi connectivity index (χ0) is 21.3. The molecule has 1 aliphatic rings. The number of ether oxygens (including phenoxy) is 1. The van der Waals surface area contributed by atoms with Gasteiger partial charge >= 0.3 is 0 Å². The van der Waals surface area contributed by atoms with E-state index in [4.69, 9.17) is 4.74 Å². The fourth-order valence-corrected chi connectivity index (χ4v) is 2.96. The Morgan fingerprint density at radius 1 is 1.10 bits per heavy atom. The first-order chi connectivity index (χ1) is 13.7. The third-order valence-electron chi connectivity index (χ3n) is 4.20. The number of rotatable bonds is 5. The minimum atomic E-state index is -0.813. The van der Waals surface area contributed by atoms with E-state index in [9.17, 15) is 29.8 Å². The van der Waals surface area contributed by atoms with Gasteiger partial charge in [0, 0.05) is 23.9 Å². The monoisotopic (exact) mass is 400 g/mol. The summed E-state index contributed by atoms with van der Waals surface area (Å²) in [5, 5.41) is 24.5. The van der Waals surface area contributed by atoms with Crippen molar-refractivity contribution < 1.29 is 24.2 Å². The quantitative estimate of drug-likeness (QED) is 0.600. The van der Waals surface area contributed by atoms with Crippen molar-refractivity contribution in [1.29, 1.82) is 0 Å². The van der Waals surface area contributed by atoms with Crippen molar-refractivity contribution in [2.24, 2.45) is 0 Å². The lowest BCUT2D eigenvalue weighted by Gasteiger charge is -2.32. The summed E-state index contributed by atoms with van der Waals surface area (Å²) in [6.45, 7) is 3.58. The Morgan fingerprint density at radius 2 is 1.72 bits per heavy atom. The Labute approximate surface area is 164 Å². The molecule has 0 spiro atoms. The normalized spacial score (nSPS) is 12.9. The van der Waals surface area contributed by atoms with Gasteiger partial charge in [0.15, 0.2) is 6.61 Å².